The number of carbonyl (C=O) groups is 2. The van der Waals surface area contributed by atoms with Crippen molar-refractivity contribution in [1.29, 1.82) is 0 Å². The molecule has 1 atom stereocenters. The summed E-state index contributed by atoms with van der Waals surface area (Å²) in [5, 5.41) is 6.45. The van der Waals surface area contributed by atoms with Gasteiger partial charge in [0.15, 0.2) is 0 Å². The molecule has 0 saturated heterocycles. The molecule has 6 heteroatoms. The molecule has 0 spiro atoms. The van der Waals surface area contributed by atoms with Crippen molar-refractivity contribution in [3.63, 3.8) is 0 Å². The molecule has 0 aliphatic heterocycles. The first kappa shape index (κ1) is 19.4. The summed E-state index contributed by atoms with van der Waals surface area (Å²) in [7, 11) is 0. The van der Waals surface area contributed by atoms with Crippen LogP contribution in [0.25, 0.3) is 10.9 Å². The standard InChI is InChI=1S/C24H20FN3O2/c25-19-10-5-4-9-17(19)23(29)28-22(15-16-7-2-1-3-8-16)24(30)27-21-12-6-11-20-18(21)13-14-26-20/h1-14,22,26H,15H2,(H,27,30)(H,28,29). The topological polar surface area (TPSA) is 74.0 Å². The van der Waals surface area contributed by atoms with Crippen molar-refractivity contribution >= 4 is 28.4 Å². The molecule has 2 amide bonds. The number of aromatic amines is 1. The van der Waals surface area contributed by atoms with Crippen molar-refractivity contribution < 1.29 is 14.0 Å². The number of anilines is 1. The van der Waals surface area contributed by atoms with Gasteiger partial charge in [0.25, 0.3) is 5.91 Å². The lowest BCUT2D eigenvalue weighted by atomic mass is 10.0. The number of rotatable bonds is 6. The average Bonchev–Trinajstić information content (AvgIpc) is 3.24. The monoisotopic (exact) mass is 401 g/mol. The molecule has 30 heavy (non-hydrogen) atoms. The van der Waals surface area contributed by atoms with E-state index >= 15 is 0 Å². The average molecular weight is 401 g/mol. The highest BCUT2D eigenvalue weighted by Gasteiger charge is 2.24. The molecule has 0 radical (unpaired) electrons. The van der Waals surface area contributed by atoms with Crippen LogP contribution in [0.3, 0.4) is 0 Å². The second kappa shape index (κ2) is 8.61. The fourth-order valence-electron chi connectivity index (χ4n) is 3.35. The third kappa shape index (κ3) is 4.22. The second-order valence-corrected chi connectivity index (χ2v) is 6.93. The van der Waals surface area contributed by atoms with Gasteiger partial charge < -0.3 is 15.6 Å². The van der Waals surface area contributed by atoms with Gasteiger partial charge >= 0.3 is 0 Å². The molecular weight excluding hydrogens is 381 g/mol. The highest BCUT2D eigenvalue weighted by atomic mass is 19.1. The van der Waals surface area contributed by atoms with Gasteiger partial charge in [0, 0.05) is 23.5 Å². The Morgan fingerprint density at radius 3 is 2.47 bits per heavy atom. The van der Waals surface area contributed by atoms with E-state index in [9.17, 15) is 14.0 Å². The zero-order valence-electron chi connectivity index (χ0n) is 16.1. The van der Waals surface area contributed by atoms with Gasteiger partial charge in [-0.15, -0.1) is 0 Å². The van der Waals surface area contributed by atoms with E-state index in [1.54, 1.807) is 18.3 Å². The molecule has 1 unspecified atom stereocenters. The van der Waals surface area contributed by atoms with Crippen LogP contribution in [0.2, 0.25) is 0 Å². The molecule has 4 aromatic rings. The van der Waals surface area contributed by atoms with Crippen LogP contribution in [-0.4, -0.2) is 22.8 Å². The van der Waals surface area contributed by atoms with Crippen molar-refractivity contribution in [2.45, 2.75) is 12.5 Å². The Hall–Kier alpha value is -3.93. The molecule has 150 valence electrons. The van der Waals surface area contributed by atoms with Crippen LogP contribution in [0.1, 0.15) is 15.9 Å². The van der Waals surface area contributed by atoms with Crippen LogP contribution in [-0.2, 0) is 11.2 Å². The molecule has 3 aromatic carbocycles. The summed E-state index contributed by atoms with van der Waals surface area (Å²) in [6.45, 7) is 0. The molecule has 3 N–H and O–H groups in total. The summed E-state index contributed by atoms with van der Waals surface area (Å²) < 4.78 is 14.0. The molecular formula is C24H20FN3O2. The van der Waals surface area contributed by atoms with Gasteiger partial charge in [-0.05, 0) is 35.9 Å². The van der Waals surface area contributed by atoms with Crippen LogP contribution in [0.5, 0.6) is 0 Å². The van der Waals surface area contributed by atoms with E-state index in [4.69, 9.17) is 0 Å². The predicted molar refractivity (Wildman–Crippen MR) is 115 cm³/mol. The maximum absolute atomic E-state index is 14.0. The number of hydrogen-bond donors (Lipinski definition) is 3. The number of amides is 2. The van der Waals surface area contributed by atoms with Crippen LogP contribution in [0, 0.1) is 5.82 Å². The molecule has 5 nitrogen and oxygen atoms in total. The predicted octanol–water partition coefficient (Wildman–Crippen LogP) is 4.29. The Morgan fingerprint density at radius 2 is 1.67 bits per heavy atom. The van der Waals surface area contributed by atoms with E-state index in [-0.39, 0.29) is 17.9 Å². The molecule has 0 saturated carbocycles. The Kier molecular flexibility index (Phi) is 5.57. The highest BCUT2D eigenvalue weighted by molar-refractivity contribution is 6.05. The van der Waals surface area contributed by atoms with E-state index < -0.39 is 17.8 Å². The fourth-order valence-corrected chi connectivity index (χ4v) is 3.35. The smallest absolute Gasteiger partial charge is 0.254 e. The Bertz CT molecular complexity index is 1190. The zero-order chi connectivity index (χ0) is 20.9. The van der Waals surface area contributed by atoms with E-state index in [2.05, 4.69) is 15.6 Å². The minimum Gasteiger partial charge on any atom is -0.361 e. The first-order chi connectivity index (χ1) is 14.6. The van der Waals surface area contributed by atoms with Crippen LogP contribution in [0.15, 0.2) is 85.1 Å². The highest BCUT2D eigenvalue weighted by Crippen LogP contribution is 2.22. The van der Waals surface area contributed by atoms with Crippen LogP contribution >= 0.6 is 0 Å². The SMILES string of the molecule is O=C(NC(Cc1ccccc1)C(=O)Nc1cccc2[nH]ccc12)c1ccccc1F. The Balaban J connectivity index is 1.59. The van der Waals surface area contributed by atoms with Crippen molar-refractivity contribution in [3.05, 3.63) is 102 Å². The minimum atomic E-state index is -0.881. The normalized spacial score (nSPS) is 11.8. The third-order valence-electron chi connectivity index (χ3n) is 4.88. The second-order valence-electron chi connectivity index (χ2n) is 6.93. The van der Waals surface area contributed by atoms with Gasteiger partial charge in [0.05, 0.1) is 11.3 Å². The van der Waals surface area contributed by atoms with Gasteiger partial charge in [0.1, 0.15) is 11.9 Å². The Morgan fingerprint density at radius 1 is 0.900 bits per heavy atom. The molecule has 1 aromatic heterocycles. The third-order valence-corrected chi connectivity index (χ3v) is 4.88. The molecule has 0 fully saturated rings. The molecule has 0 aliphatic rings. The van der Waals surface area contributed by atoms with Gasteiger partial charge in [0.2, 0.25) is 5.91 Å². The van der Waals surface area contributed by atoms with E-state index in [0.29, 0.717) is 5.69 Å². The van der Waals surface area contributed by atoms with Crippen molar-refractivity contribution in [2.75, 3.05) is 5.32 Å². The summed E-state index contributed by atoms with van der Waals surface area (Å²) in [4.78, 5) is 28.9. The van der Waals surface area contributed by atoms with Gasteiger partial charge in [-0.1, -0.05) is 48.5 Å². The number of aromatic nitrogens is 1. The maximum Gasteiger partial charge on any atom is 0.254 e. The number of halogens is 1. The lowest BCUT2D eigenvalue weighted by Gasteiger charge is -2.19. The molecule has 0 bridgehead atoms. The van der Waals surface area contributed by atoms with Crippen LogP contribution < -0.4 is 10.6 Å². The van der Waals surface area contributed by atoms with Crippen molar-refractivity contribution in [1.82, 2.24) is 10.3 Å². The number of carbonyl (C=O) groups excluding carboxylic acids is 2. The first-order valence-electron chi connectivity index (χ1n) is 9.58. The van der Waals surface area contributed by atoms with E-state index in [1.807, 2.05) is 48.5 Å². The van der Waals surface area contributed by atoms with Crippen molar-refractivity contribution in [2.24, 2.45) is 0 Å². The maximum atomic E-state index is 14.0. The lowest BCUT2D eigenvalue weighted by Crippen LogP contribution is -2.45. The van der Waals surface area contributed by atoms with Gasteiger partial charge in [-0.3, -0.25) is 9.59 Å². The fraction of sp³-hybridized carbons (Fsp3) is 0.0833. The minimum absolute atomic E-state index is 0.101. The zero-order valence-corrected chi connectivity index (χ0v) is 16.1. The molecule has 4 rings (SSSR count). The van der Waals surface area contributed by atoms with Crippen LogP contribution in [0.4, 0.5) is 10.1 Å². The summed E-state index contributed by atoms with van der Waals surface area (Å²) in [6, 6.07) is 21.6. The lowest BCUT2D eigenvalue weighted by molar-refractivity contribution is -0.118. The summed E-state index contributed by atoms with van der Waals surface area (Å²) in [6.07, 6.45) is 2.07. The molecule has 1 heterocycles. The van der Waals surface area contributed by atoms with E-state index in [1.165, 1.54) is 18.2 Å². The van der Waals surface area contributed by atoms with Gasteiger partial charge in [-0.25, -0.2) is 4.39 Å². The van der Waals surface area contributed by atoms with E-state index in [0.717, 1.165) is 16.5 Å². The number of H-pyrrole nitrogens is 1. The molecule has 0 aliphatic carbocycles. The summed E-state index contributed by atoms with van der Waals surface area (Å²) in [5.74, 6) is -1.65. The van der Waals surface area contributed by atoms with Crippen molar-refractivity contribution in [3.8, 4) is 0 Å². The summed E-state index contributed by atoms with van der Waals surface area (Å²) in [5.41, 5.74) is 2.31. The largest absolute Gasteiger partial charge is 0.361 e. The number of hydrogen-bond acceptors (Lipinski definition) is 2. The van der Waals surface area contributed by atoms with Gasteiger partial charge in [-0.2, -0.15) is 0 Å². The summed E-state index contributed by atoms with van der Waals surface area (Å²) >= 11 is 0. The number of nitrogens with one attached hydrogen (secondary N) is 3. The Labute approximate surface area is 172 Å². The number of fused-ring (bicyclic) bond motifs is 1. The number of benzene rings is 3. The quantitative estimate of drug-likeness (QED) is 0.451. The first-order valence-corrected chi connectivity index (χ1v) is 9.58.